The van der Waals surface area contributed by atoms with Gasteiger partial charge in [0.2, 0.25) is 0 Å². The molecule has 0 saturated heterocycles. The average Bonchev–Trinajstić information content (AvgIpc) is 2.90. The minimum absolute atomic E-state index is 0.00480. The summed E-state index contributed by atoms with van der Waals surface area (Å²) in [6.07, 6.45) is 2.94. The minimum Gasteiger partial charge on any atom is -0.454 e. The Bertz CT molecular complexity index is 1290. The number of H-pyrrole nitrogens is 1. The van der Waals surface area contributed by atoms with E-state index in [1.807, 2.05) is 18.2 Å². The molecule has 132 valence electrons. The maximum absolute atomic E-state index is 11.5. The van der Waals surface area contributed by atoms with Crippen molar-refractivity contribution in [1.29, 1.82) is 0 Å². The molecule has 2 N–H and O–H groups in total. The van der Waals surface area contributed by atoms with Crippen LogP contribution in [0.4, 0.5) is 11.5 Å². The summed E-state index contributed by atoms with van der Waals surface area (Å²) in [6, 6.07) is 13.9. The van der Waals surface area contributed by atoms with Crippen LogP contribution in [0.1, 0.15) is 5.56 Å². The van der Waals surface area contributed by atoms with Crippen molar-refractivity contribution < 1.29 is 12.8 Å². The summed E-state index contributed by atoms with van der Waals surface area (Å²) in [7, 11) is -3.09. The van der Waals surface area contributed by atoms with Gasteiger partial charge in [-0.15, -0.1) is 0 Å². The largest absolute Gasteiger partial charge is 0.454 e. The van der Waals surface area contributed by atoms with Crippen LogP contribution in [0.25, 0.3) is 21.9 Å². The van der Waals surface area contributed by atoms with E-state index in [-0.39, 0.29) is 11.2 Å². The summed E-state index contributed by atoms with van der Waals surface area (Å²) in [4.78, 5) is 14.6. The zero-order chi connectivity index (χ0) is 18.3. The SMILES string of the molecule is CS(=O)(=O)Cc1cccc(Nc2cc3c(c[nH]2)oc2cc(=O)ccc23)c1. The van der Waals surface area contributed by atoms with Gasteiger partial charge in [0.25, 0.3) is 0 Å². The first-order valence-electron chi connectivity index (χ1n) is 7.96. The number of rotatable bonds is 4. The predicted octanol–water partition coefficient (Wildman–Crippen LogP) is 3.56. The summed E-state index contributed by atoms with van der Waals surface area (Å²) in [5, 5.41) is 4.98. The molecule has 0 spiro atoms. The normalized spacial score (nSPS) is 11.9. The van der Waals surface area contributed by atoms with Gasteiger partial charge in [0.15, 0.2) is 20.8 Å². The van der Waals surface area contributed by atoms with Crippen LogP contribution < -0.4 is 10.7 Å². The highest BCUT2D eigenvalue weighted by Gasteiger charge is 2.09. The molecule has 7 heteroatoms. The molecule has 6 nitrogen and oxygen atoms in total. The number of hydrogen-bond acceptors (Lipinski definition) is 5. The predicted molar refractivity (Wildman–Crippen MR) is 103 cm³/mol. The third-order valence-electron chi connectivity index (χ3n) is 4.01. The van der Waals surface area contributed by atoms with E-state index in [2.05, 4.69) is 10.3 Å². The summed E-state index contributed by atoms with van der Waals surface area (Å²) in [5.41, 5.74) is 2.60. The molecule has 4 rings (SSSR count). The van der Waals surface area contributed by atoms with Crippen LogP contribution in [-0.4, -0.2) is 19.7 Å². The zero-order valence-corrected chi connectivity index (χ0v) is 14.8. The molecule has 0 atom stereocenters. The monoisotopic (exact) mass is 368 g/mol. The summed E-state index contributed by atoms with van der Waals surface area (Å²) < 4.78 is 28.6. The minimum atomic E-state index is -3.09. The number of aromatic amines is 1. The smallest absolute Gasteiger partial charge is 0.182 e. The van der Waals surface area contributed by atoms with E-state index in [0.717, 1.165) is 27.8 Å². The number of benzene rings is 2. The number of nitrogens with one attached hydrogen (secondary N) is 2. The molecule has 2 heterocycles. The molecule has 2 aromatic carbocycles. The van der Waals surface area contributed by atoms with Gasteiger partial charge in [-0.05, 0) is 35.9 Å². The fourth-order valence-corrected chi connectivity index (χ4v) is 3.76. The van der Waals surface area contributed by atoms with E-state index in [4.69, 9.17) is 4.42 Å². The van der Waals surface area contributed by atoms with Crippen molar-refractivity contribution in [3.8, 4) is 0 Å². The quantitative estimate of drug-likeness (QED) is 0.575. The summed E-state index contributed by atoms with van der Waals surface area (Å²) in [6.45, 7) is 0. The van der Waals surface area contributed by atoms with E-state index in [9.17, 15) is 13.2 Å². The van der Waals surface area contributed by atoms with Crippen molar-refractivity contribution in [1.82, 2.24) is 4.98 Å². The Morgan fingerprint density at radius 1 is 1.04 bits per heavy atom. The maximum atomic E-state index is 11.5. The molecule has 0 saturated carbocycles. The standard InChI is InChI=1S/C19H16N2O4S/c1-26(23,24)11-12-3-2-4-13(7-12)21-19-9-16-15-6-5-14(22)8-17(15)25-18(16)10-20-19/h2-10,20-21H,11H2,1H3. The fraction of sp³-hybridized carbons (Fsp3) is 0.105. The summed E-state index contributed by atoms with van der Waals surface area (Å²) in [5.74, 6) is 0.720. The lowest BCUT2D eigenvalue weighted by Crippen LogP contribution is -2.01. The van der Waals surface area contributed by atoms with Gasteiger partial charge >= 0.3 is 0 Å². The molecular weight excluding hydrogens is 352 g/mol. The second-order valence-electron chi connectivity index (χ2n) is 6.28. The topological polar surface area (TPSA) is 92.2 Å². The Morgan fingerprint density at radius 2 is 1.88 bits per heavy atom. The molecule has 0 aliphatic carbocycles. The van der Waals surface area contributed by atoms with Gasteiger partial charge in [-0.25, -0.2) is 8.42 Å². The highest BCUT2D eigenvalue weighted by molar-refractivity contribution is 7.89. The zero-order valence-electron chi connectivity index (χ0n) is 13.9. The molecule has 26 heavy (non-hydrogen) atoms. The Hall–Kier alpha value is -3.06. The molecule has 0 fully saturated rings. The first-order chi connectivity index (χ1) is 12.4. The molecule has 0 aliphatic rings. The number of furan rings is 1. The van der Waals surface area contributed by atoms with E-state index in [0.29, 0.717) is 11.2 Å². The van der Waals surface area contributed by atoms with Crippen molar-refractivity contribution in [3.63, 3.8) is 0 Å². The van der Waals surface area contributed by atoms with Crippen molar-refractivity contribution in [3.05, 3.63) is 70.5 Å². The van der Waals surface area contributed by atoms with E-state index in [1.165, 1.54) is 18.4 Å². The summed E-state index contributed by atoms with van der Waals surface area (Å²) >= 11 is 0. The van der Waals surface area contributed by atoms with Gasteiger partial charge in [-0.1, -0.05) is 12.1 Å². The average molecular weight is 368 g/mol. The van der Waals surface area contributed by atoms with E-state index < -0.39 is 9.84 Å². The van der Waals surface area contributed by atoms with Crippen molar-refractivity contribution >= 4 is 43.3 Å². The van der Waals surface area contributed by atoms with E-state index >= 15 is 0 Å². The van der Waals surface area contributed by atoms with Crippen molar-refractivity contribution in [2.24, 2.45) is 0 Å². The molecule has 0 aliphatic heterocycles. The van der Waals surface area contributed by atoms with Gasteiger partial charge in [0.1, 0.15) is 11.4 Å². The first-order valence-corrected chi connectivity index (χ1v) is 10.0. The molecule has 0 amide bonds. The highest BCUT2D eigenvalue weighted by atomic mass is 32.2. The van der Waals surface area contributed by atoms with Crippen LogP contribution in [0.3, 0.4) is 0 Å². The highest BCUT2D eigenvalue weighted by Crippen LogP contribution is 2.29. The van der Waals surface area contributed by atoms with Gasteiger partial charge in [-0.2, -0.15) is 0 Å². The van der Waals surface area contributed by atoms with Crippen LogP contribution >= 0.6 is 0 Å². The van der Waals surface area contributed by atoms with Gasteiger partial charge in [-0.3, -0.25) is 4.79 Å². The first kappa shape index (κ1) is 16.4. The maximum Gasteiger partial charge on any atom is 0.182 e. The lowest BCUT2D eigenvalue weighted by Gasteiger charge is -2.08. The number of sulfone groups is 1. The second kappa shape index (κ2) is 6.03. The molecule has 2 aromatic heterocycles. The molecule has 0 bridgehead atoms. The molecule has 0 radical (unpaired) electrons. The van der Waals surface area contributed by atoms with Gasteiger partial charge in [0.05, 0.1) is 5.75 Å². The van der Waals surface area contributed by atoms with Crippen LogP contribution in [0.15, 0.2) is 63.9 Å². The Balaban J connectivity index is 1.70. The van der Waals surface area contributed by atoms with Crippen LogP contribution in [-0.2, 0) is 15.6 Å². The van der Waals surface area contributed by atoms with Gasteiger partial charge in [0, 0.05) is 35.0 Å². The molecular formula is C19H16N2O4S. The Labute approximate surface area is 149 Å². The molecule has 0 unspecified atom stereocenters. The Morgan fingerprint density at radius 3 is 2.69 bits per heavy atom. The molecule has 4 aromatic rings. The third kappa shape index (κ3) is 3.34. The number of aromatic nitrogens is 1. The van der Waals surface area contributed by atoms with Crippen LogP contribution in [0.2, 0.25) is 0 Å². The third-order valence-corrected chi connectivity index (χ3v) is 4.87. The fourth-order valence-electron chi connectivity index (χ4n) is 2.97. The Kier molecular flexibility index (Phi) is 3.81. The van der Waals surface area contributed by atoms with Gasteiger partial charge < -0.3 is 14.7 Å². The lowest BCUT2D eigenvalue weighted by molar-refractivity contribution is 0.601. The van der Waals surface area contributed by atoms with Crippen LogP contribution in [0.5, 0.6) is 0 Å². The number of pyridine rings is 1. The van der Waals surface area contributed by atoms with E-state index in [1.54, 1.807) is 24.4 Å². The number of fused-ring (bicyclic) bond motifs is 3. The lowest BCUT2D eigenvalue weighted by atomic mass is 10.2. The van der Waals surface area contributed by atoms with Crippen LogP contribution in [0, 0.1) is 0 Å². The van der Waals surface area contributed by atoms with Crippen molar-refractivity contribution in [2.45, 2.75) is 5.75 Å². The second-order valence-corrected chi connectivity index (χ2v) is 8.42. The number of hydrogen-bond donors (Lipinski definition) is 2. The van der Waals surface area contributed by atoms with Crippen molar-refractivity contribution in [2.75, 3.05) is 11.6 Å². The number of anilines is 2.